The number of aromatic nitrogens is 1. The van der Waals surface area contributed by atoms with Crippen molar-refractivity contribution < 1.29 is 4.74 Å². The van der Waals surface area contributed by atoms with E-state index in [1.165, 1.54) is 5.56 Å². The fraction of sp³-hybridized carbons (Fsp3) is 0.267. The number of hydrogen-bond acceptors (Lipinski definition) is 3. The van der Waals surface area contributed by atoms with E-state index in [1.54, 1.807) is 18.3 Å². The van der Waals surface area contributed by atoms with E-state index in [4.69, 9.17) is 16.3 Å². The standard InChI is InChI=1S/C15H17ClN2O/c16-14-7-8-15(18-12-14)19-10-4-9-17-11-13-5-2-1-3-6-13/h1-3,5-8,12,17H,4,9-11H2. The zero-order valence-electron chi connectivity index (χ0n) is 10.7. The largest absolute Gasteiger partial charge is 0.478 e. The second-order valence-electron chi connectivity index (χ2n) is 4.18. The van der Waals surface area contributed by atoms with E-state index in [0.717, 1.165) is 19.5 Å². The van der Waals surface area contributed by atoms with Crippen molar-refractivity contribution >= 4 is 11.6 Å². The van der Waals surface area contributed by atoms with Gasteiger partial charge in [0.25, 0.3) is 0 Å². The summed E-state index contributed by atoms with van der Waals surface area (Å²) in [6.45, 7) is 2.46. The molecule has 19 heavy (non-hydrogen) atoms. The van der Waals surface area contributed by atoms with E-state index in [2.05, 4.69) is 22.4 Å². The molecule has 0 fully saturated rings. The van der Waals surface area contributed by atoms with E-state index in [9.17, 15) is 0 Å². The first-order valence-corrected chi connectivity index (χ1v) is 6.71. The van der Waals surface area contributed by atoms with E-state index in [-0.39, 0.29) is 0 Å². The van der Waals surface area contributed by atoms with E-state index >= 15 is 0 Å². The van der Waals surface area contributed by atoms with Gasteiger partial charge in [0.15, 0.2) is 0 Å². The molecule has 0 bridgehead atoms. The molecule has 2 rings (SSSR count). The first-order valence-electron chi connectivity index (χ1n) is 6.33. The van der Waals surface area contributed by atoms with Crippen LogP contribution >= 0.6 is 11.6 Å². The zero-order chi connectivity index (χ0) is 13.3. The lowest BCUT2D eigenvalue weighted by Crippen LogP contribution is -2.17. The van der Waals surface area contributed by atoms with Crippen molar-refractivity contribution in [3.63, 3.8) is 0 Å². The lowest BCUT2D eigenvalue weighted by atomic mass is 10.2. The molecule has 1 aromatic heterocycles. The Morgan fingerprint density at radius 1 is 1.11 bits per heavy atom. The highest BCUT2D eigenvalue weighted by Crippen LogP contribution is 2.11. The second-order valence-corrected chi connectivity index (χ2v) is 4.62. The van der Waals surface area contributed by atoms with Crippen LogP contribution in [0.1, 0.15) is 12.0 Å². The molecule has 0 saturated heterocycles. The normalized spacial score (nSPS) is 10.4. The van der Waals surface area contributed by atoms with Crippen molar-refractivity contribution in [1.82, 2.24) is 10.3 Å². The SMILES string of the molecule is Clc1ccc(OCCCNCc2ccccc2)nc1. The maximum Gasteiger partial charge on any atom is 0.213 e. The third-order valence-electron chi connectivity index (χ3n) is 2.62. The summed E-state index contributed by atoms with van der Waals surface area (Å²) < 4.78 is 5.50. The van der Waals surface area contributed by atoms with Crippen LogP contribution in [0, 0.1) is 0 Å². The summed E-state index contributed by atoms with van der Waals surface area (Å²) in [5.41, 5.74) is 1.29. The Labute approximate surface area is 118 Å². The molecule has 2 aromatic rings. The summed E-state index contributed by atoms with van der Waals surface area (Å²) in [4.78, 5) is 4.07. The van der Waals surface area contributed by atoms with Gasteiger partial charge >= 0.3 is 0 Å². The number of benzene rings is 1. The van der Waals surface area contributed by atoms with Crippen molar-refractivity contribution in [1.29, 1.82) is 0 Å². The van der Waals surface area contributed by atoms with Crippen molar-refractivity contribution in [3.05, 3.63) is 59.2 Å². The smallest absolute Gasteiger partial charge is 0.213 e. The van der Waals surface area contributed by atoms with Crippen LogP contribution in [0.15, 0.2) is 48.7 Å². The Morgan fingerprint density at radius 3 is 2.68 bits per heavy atom. The highest BCUT2D eigenvalue weighted by Gasteiger charge is 1.95. The number of pyridine rings is 1. The van der Waals surface area contributed by atoms with Crippen LogP contribution in [0.3, 0.4) is 0 Å². The number of rotatable bonds is 7. The Bertz CT molecular complexity index is 473. The third kappa shape index (κ3) is 5.28. The van der Waals surface area contributed by atoms with Crippen LogP contribution in [0.4, 0.5) is 0 Å². The lowest BCUT2D eigenvalue weighted by Gasteiger charge is -2.06. The Morgan fingerprint density at radius 2 is 1.95 bits per heavy atom. The summed E-state index contributed by atoms with van der Waals surface area (Å²) in [7, 11) is 0. The van der Waals surface area contributed by atoms with Gasteiger partial charge in [0, 0.05) is 18.8 Å². The number of nitrogens with one attached hydrogen (secondary N) is 1. The fourth-order valence-corrected chi connectivity index (χ4v) is 1.76. The minimum atomic E-state index is 0.618. The molecule has 0 aliphatic carbocycles. The molecule has 1 N–H and O–H groups in total. The van der Waals surface area contributed by atoms with Gasteiger partial charge in [0.1, 0.15) is 0 Å². The van der Waals surface area contributed by atoms with Crippen LogP contribution in [0.25, 0.3) is 0 Å². The monoisotopic (exact) mass is 276 g/mol. The predicted octanol–water partition coefficient (Wildman–Crippen LogP) is 3.29. The molecule has 0 saturated carbocycles. The van der Waals surface area contributed by atoms with Gasteiger partial charge in [-0.15, -0.1) is 0 Å². The summed E-state index contributed by atoms with van der Waals surface area (Å²) in [6.07, 6.45) is 2.53. The molecule has 0 amide bonds. The highest BCUT2D eigenvalue weighted by molar-refractivity contribution is 6.30. The van der Waals surface area contributed by atoms with Crippen LogP contribution in [0.5, 0.6) is 5.88 Å². The van der Waals surface area contributed by atoms with Gasteiger partial charge in [-0.1, -0.05) is 41.9 Å². The molecule has 0 unspecified atom stereocenters. The number of hydrogen-bond donors (Lipinski definition) is 1. The Kier molecular flexibility index (Phi) is 5.66. The quantitative estimate of drug-likeness (QED) is 0.788. The highest BCUT2D eigenvalue weighted by atomic mass is 35.5. The molecule has 0 atom stereocenters. The van der Waals surface area contributed by atoms with Gasteiger partial charge in [0.05, 0.1) is 11.6 Å². The molecule has 4 heteroatoms. The Balaban J connectivity index is 1.56. The summed E-state index contributed by atoms with van der Waals surface area (Å²) >= 11 is 5.74. The van der Waals surface area contributed by atoms with Crippen molar-refractivity contribution in [2.24, 2.45) is 0 Å². The first-order chi connectivity index (χ1) is 9.34. The summed E-state index contributed by atoms with van der Waals surface area (Å²) in [6, 6.07) is 13.9. The van der Waals surface area contributed by atoms with Gasteiger partial charge in [-0.05, 0) is 24.6 Å². The average molecular weight is 277 g/mol. The van der Waals surface area contributed by atoms with Crippen molar-refractivity contribution in [2.75, 3.05) is 13.2 Å². The zero-order valence-corrected chi connectivity index (χ0v) is 11.4. The number of ether oxygens (including phenoxy) is 1. The molecule has 0 spiro atoms. The minimum Gasteiger partial charge on any atom is -0.478 e. The average Bonchev–Trinajstić information content (AvgIpc) is 2.46. The molecule has 1 aromatic carbocycles. The topological polar surface area (TPSA) is 34.1 Å². The maximum atomic E-state index is 5.74. The molecular weight excluding hydrogens is 260 g/mol. The second kappa shape index (κ2) is 7.77. The first kappa shape index (κ1) is 13.8. The van der Waals surface area contributed by atoms with Gasteiger partial charge in [0.2, 0.25) is 5.88 Å². The van der Waals surface area contributed by atoms with Crippen LogP contribution < -0.4 is 10.1 Å². The molecular formula is C15H17ClN2O. The van der Waals surface area contributed by atoms with E-state index in [1.807, 2.05) is 18.2 Å². The molecule has 3 nitrogen and oxygen atoms in total. The van der Waals surface area contributed by atoms with Gasteiger partial charge < -0.3 is 10.1 Å². The number of halogens is 1. The van der Waals surface area contributed by atoms with Crippen LogP contribution in [-0.4, -0.2) is 18.1 Å². The fourth-order valence-electron chi connectivity index (χ4n) is 1.65. The van der Waals surface area contributed by atoms with Gasteiger partial charge in [-0.3, -0.25) is 0 Å². The molecule has 1 heterocycles. The summed E-state index contributed by atoms with van der Waals surface area (Å²) in [5, 5.41) is 4.00. The van der Waals surface area contributed by atoms with E-state index in [0.29, 0.717) is 17.5 Å². The minimum absolute atomic E-state index is 0.618. The molecule has 0 radical (unpaired) electrons. The van der Waals surface area contributed by atoms with Gasteiger partial charge in [-0.25, -0.2) is 4.98 Å². The molecule has 0 aliphatic rings. The third-order valence-corrected chi connectivity index (χ3v) is 2.84. The maximum absolute atomic E-state index is 5.74. The van der Waals surface area contributed by atoms with Crippen molar-refractivity contribution in [3.8, 4) is 5.88 Å². The van der Waals surface area contributed by atoms with Crippen molar-refractivity contribution in [2.45, 2.75) is 13.0 Å². The van der Waals surface area contributed by atoms with E-state index < -0.39 is 0 Å². The van der Waals surface area contributed by atoms with Crippen LogP contribution in [0.2, 0.25) is 5.02 Å². The number of nitrogens with zero attached hydrogens (tertiary/aromatic N) is 1. The predicted molar refractivity (Wildman–Crippen MR) is 77.5 cm³/mol. The van der Waals surface area contributed by atoms with Gasteiger partial charge in [-0.2, -0.15) is 0 Å². The summed E-state index contributed by atoms with van der Waals surface area (Å²) in [5.74, 6) is 0.618. The molecule has 100 valence electrons. The lowest BCUT2D eigenvalue weighted by molar-refractivity contribution is 0.296. The Hall–Kier alpha value is -1.58. The van der Waals surface area contributed by atoms with Crippen LogP contribution in [-0.2, 0) is 6.54 Å². The molecule has 0 aliphatic heterocycles.